The van der Waals surface area contributed by atoms with Crippen LogP contribution in [-0.2, 0) is 13.6 Å². The molecule has 2 aromatic rings. The third-order valence-corrected chi connectivity index (χ3v) is 3.48. The number of rotatable bonds is 6. The van der Waals surface area contributed by atoms with Gasteiger partial charge < -0.3 is 5.73 Å². The van der Waals surface area contributed by atoms with Gasteiger partial charge in [-0.15, -0.1) is 0 Å². The molecule has 2 N–H and O–H groups in total. The maximum Gasteiger partial charge on any atom is 0.0538 e. The molecule has 0 bridgehead atoms. The van der Waals surface area contributed by atoms with E-state index in [2.05, 4.69) is 42.2 Å². The number of hydrogen-bond donors (Lipinski definition) is 1. The minimum absolute atomic E-state index is 0.169. The molecular formula is C14H24N6. The van der Waals surface area contributed by atoms with E-state index in [-0.39, 0.29) is 6.04 Å². The van der Waals surface area contributed by atoms with Crippen molar-refractivity contribution in [1.82, 2.24) is 24.5 Å². The van der Waals surface area contributed by atoms with Crippen LogP contribution in [0.4, 0.5) is 0 Å². The summed E-state index contributed by atoms with van der Waals surface area (Å²) in [6.07, 6.45) is 7.92. The van der Waals surface area contributed by atoms with Crippen molar-refractivity contribution in [3.63, 3.8) is 0 Å². The van der Waals surface area contributed by atoms with Crippen molar-refractivity contribution in [1.29, 1.82) is 0 Å². The summed E-state index contributed by atoms with van der Waals surface area (Å²) >= 11 is 0. The van der Waals surface area contributed by atoms with Gasteiger partial charge in [0.25, 0.3) is 0 Å². The molecule has 0 aromatic carbocycles. The van der Waals surface area contributed by atoms with E-state index >= 15 is 0 Å². The fraction of sp³-hybridized carbons (Fsp3) is 0.571. The van der Waals surface area contributed by atoms with Gasteiger partial charge in [0.05, 0.1) is 18.4 Å². The fourth-order valence-electron chi connectivity index (χ4n) is 2.33. The minimum atomic E-state index is 0.169. The Kier molecular flexibility index (Phi) is 4.57. The van der Waals surface area contributed by atoms with Crippen molar-refractivity contribution >= 4 is 0 Å². The molecule has 0 amide bonds. The van der Waals surface area contributed by atoms with Gasteiger partial charge in [-0.1, -0.05) is 0 Å². The molecule has 1 unspecified atom stereocenters. The number of aryl methyl sites for hydroxylation is 1. The number of nitrogens with zero attached hydrogens (tertiary/aromatic N) is 5. The van der Waals surface area contributed by atoms with E-state index in [1.54, 1.807) is 0 Å². The van der Waals surface area contributed by atoms with Crippen molar-refractivity contribution in [2.24, 2.45) is 12.8 Å². The van der Waals surface area contributed by atoms with E-state index in [4.69, 9.17) is 5.73 Å². The van der Waals surface area contributed by atoms with Gasteiger partial charge in [-0.2, -0.15) is 10.2 Å². The smallest absolute Gasteiger partial charge is 0.0538 e. The fourth-order valence-corrected chi connectivity index (χ4v) is 2.33. The highest BCUT2D eigenvalue weighted by atomic mass is 15.3. The highest BCUT2D eigenvalue weighted by Gasteiger charge is 2.18. The summed E-state index contributed by atoms with van der Waals surface area (Å²) in [4.78, 5) is 2.23. The van der Waals surface area contributed by atoms with Crippen molar-refractivity contribution in [3.8, 4) is 0 Å². The molecular weight excluding hydrogens is 252 g/mol. The van der Waals surface area contributed by atoms with Crippen molar-refractivity contribution in [3.05, 3.63) is 35.9 Å². The Bertz CT molecular complexity index is 541. The molecule has 2 heterocycles. The molecule has 2 aromatic heterocycles. The first-order valence-corrected chi connectivity index (χ1v) is 6.93. The lowest BCUT2D eigenvalue weighted by atomic mass is 10.1. The standard InChI is InChI=1S/C14H24N6/c1-11(2)20-10-13(7-17-20)14(5-15)18(3)8-12-6-16-19(4)9-12/h6-7,9-11,14H,5,8,15H2,1-4H3. The summed E-state index contributed by atoms with van der Waals surface area (Å²) in [5, 5.41) is 8.59. The van der Waals surface area contributed by atoms with E-state index < -0.39 is 0 Å². The summed E-state index contributed by atoms with van der Waals surface area (Å²) in [7, 11) is 4.01. The van der Waals surface area contributed by atoms with Crippen LogP contribution >= 0.6 is 0 Å². The molecule has 20 heavy (non-hydrogen) atoms. The Hall–Kier alpha value is -1.66. The molecule has 0 saturated heterocycles. The second-order valence-electron chi connectivity index (χ2n) is 5.54. The number of nitrogens with two attached hydrogens (primary N) is 1. The Morgan fingerprint density at radius 3 is 2.50 bits per heavy atom. The monoisotopic (exact) mass is 276 g/mol. The van der Waals surface area contributed by atoms with Gasteiger partial charge in [-0.25, -0.2) is 0 Å². The summed E-state index contributed by atoms with van der Waals surface area (Å²) in [6, 6.07) is 0.536. The Labute approximate surface area is 120 Å². The Morgan fingerprint density at radius 2 is 2.00 bits per heavy atom. The summed E-state index contributed by atoms with van der Waals surface area (Å²) in [5.74, 6) is 0. The van der Waals surface area contributed by atoms with Gasteiger partial charge in [-0.05, 0) is 20.9 Å². The topological polar surface area (TPSA) is 64.9 Å². The van der Waals surface area contributed by atoms with Crippen molar-refractivity contribution < 1.29 is 0 Å². The van der Waals surface area contributed by atoms with Crippen LogP contribution < -0.4 is 5.73 Å². The van der Waals surface area contributed by atoms with Gasteiger partial charge in [0.1, 0.15) is 0 Å². The van der Waals surface area contributed by atoms with Gasteiger partial charge >= 0.3 is 0 Å². The van der Waals surface area contributed by atoms with Crippen LogP contribution in [0.5, 0.6) is 0 Å². The number of likely N-dealkylation sites (N-methyl/N-ethyl adjacent to an activating group) is 1. The minimum Gasteiger partial charge on any atom is -0.329 e. The van der Waals surface area contributed by atoms with Crippen LogP contribution in [0.3, 0.4) is 0 Å². The lowest BCUT2D eigenvalue weighted by Gasteiger charge is -2.25. The number of aromatic nitrogens is 4. The van der Waals surface area contributed by atoms with Crippen molar-refractivity contribution in [2.75, 3.05) is 13.6 Å². The van der Waals surface area contributed by atoms with Gasteiger partial charge in [0, 0.05) is 49.7 Å². The van der Waals surface area contributed by atoms with E-state index in [0.29, 0.717) is 12.6 Å². The van der Waals surface area contributed by atoms with Crippen molar-refractivity contribution in [2.45, 2.75) is 32.5 Å². The normalized spacial score (nSPS) is 13.3. The average Bonchev–Trinajstić information content (AvgIpc) is 3.00. The second-order valence-corrected chi connectivity index (χ2v) is 5.54. The van der Waals surface area contributed by atoms with E-state index in [1.807, 2.05) is 35.0 Å². The van der Waals surface area contributed by atoms with Crippen LogP contribution in [0.15, 0.2) is 24.8 Å². The molecule has 0 radical (unpaired) electrons. The molecule has 1 atom stereocenters. The molecule has 110 valence electrons. The molecule has 6 nitrogen and oxygen atoms in total. The van der Waals surface area contributed by atoms with Gasteiger partial charge in [-0.3, -0.25) is 14.3 Å². The van der Waals surface area contributed by atoms with E-state index in [0.717, 1.165) is 12.1 Å². The summed E-state index contributed by atoms with van der Waals surface area (Å²) in [5.41, 5.74) is 8.30. The zero-order valence-corrected chi connectivity index (χ0v) is 12.7. The first-order valence-electron chi connectivity index (χ1n) is 6.93. The molecule has 0 saturated carbocycles. The number of hydrogen-bond acceptors (Lipinski definition) is 4. The quantitative estimate of drug-likeness (QED) is 0.864. The third kappa shape index (κ3) is 3.26. The van der Waals surface area contributed by atoms with Crippen LogP contribution in [-0.4, -0.2) is 38.1 Å². The highest BCUT2D eigenvalue weighted by molar-refractivity contribution is 5.13. The molecule has 0 fully saturated rings. The Balaban J connectivity index is 2.09. The van der Waals surface area contributed by atoms with Gasteiger partial charge in [0.2, 0.25) is 0 Å². The molecule has 6 heteroatoms. The maximum atomic E-state index is 5.95. The van der Waals surface area contributed by atoms with Crippen LogP contribution in [0, 0.1) is 0 Å². The summed E-state index contributed by atoms with van der Waals surface area (Å²) in [6.45, 7) is 5.63. The molecule has 2 rings (SSSR count). The van der Waals surface area contributed by atoms with E-state index in [9.17, 15) is 0 Å². The first-order chi connectivity index (χ1) is 9.51. The SMILES string of the molecule is CC(C)n1cc(C(CN)N(C)Cc2cnn(C)c2)cn1. The maximum absolute atomic E-state index is 5.95. The first kappa shape index (κ1) is 14.7. The molecule has 0 spiro atoms. The van der Waals surface area contributed by atoms with Crippen LogP contribution in [0.25, 0.3) is 0 Å². The molecule has 0 aliphatic carbocycles. The molecule has 0 aliphatic rings. The lowest BCUT2D eigenvalue weighted by Crippen LogP contribution is -2.29. The largest absolute Gasteiger partial charge is 0.329 e. The zero-order chi connectivity index (χ0) is 14.7. The zero-order valence-electron chi connectivity index (χ0n) is 12.7. The third-order valence-electron chi connectivity index (χ3n) is 3.48. The average molecular weight is 276 g/mol. The van der Waals surface area contributed by atoms with Gasteiger partial charge in [0.15, 0.2) is 0 Å². The Morgan fingerprint density at radius 1 is 1.25 bits per heavy atom. The van der Waals surface area contributed by atoms with Crippen LogP contribution in [0.1, 0.15) is 37.1 Å². The highest BCUT2D eigenvalue weighted by Crippen LogP contribution is 2.20. The lowest BCUT2D eigenvalue weighted by molar-refractivity contribution is 0.241. The van der Waals surface area contributed by atoms with E-state index in [1.165, 1.54) is 5.56 Å². The predicted molar refractivity (Wildman–Crippen MR) is 79.1 cm³/mol. The van der Waals surface area contributed by atoms with Crippen LogP contribution in [0.2, 0.25) is 0 Å². The summed E-state index contributed by atoms with van der Waals surface area (Å²) < 4.78 is 3.79. The second kappa shape index (κ2) is 6.19. The molecule has 0 aliphatic heterocycles. The predicted octanol–water partition coefficient (Wildman–Crippen LogP) is 1.33.